The molecule has 0 aliphatic heterocycles. The molecular formula is C22H30Cl2O4. The Morgan fingerprint density at radius 3 is 1.11 bits per heavy atom. The predicted octanol–water partition coefficient (Wildman–Crippen LogP) is 4.78. The molecule has 28 heavy (non-hydrogen) atoms. The van der Waals surface area contributed by atoms with E-state index < -0.39 is 24.4 Å². The Labute approximate surface area is 177 Å². The van der Waals surface area contributed by atoms with Crippen LogP contribution in [0.2, 0.25) is 10.0 Å². The van der Waals surface area contributed by atoms with Crippen molar-refractivity contribution in [1.29, 1.82) is 0 Å². The summed E-state index contributed by atoms with van der Waals surface area (Å²) in [6.07, 6.45) is -3.39. The lowest BCUT2D eigenvalue weighted by Crippen LogP contribution is -2.24. The van der Waals surface area contributed by atoms with E-state index >= 15 is 0 Å². The van der Waals surface area contributed by atoms with Gasteiger partial charge in [-0.25, -0.2) is 0 Å². The largest absolute Gasteiger partial charge is 0.390 e. The molecule has 2 aromatic rings. The second kappa shape index (κ2) is 11.8. The molecule has 0 fully saturated rings. The Morgan fingerprint density at radius 2 is 0.857 bits per heavy atom. The van der Waals surface area contributed by atoms with Crippen LogP contribution in [-0.2, 0) is 0 Å². The van der Waals surface area contributed by atoms with Gasteiger partial charge in [0, 0.05) is 21.2 Å². The van der Waals surface area contributed by atoms with Gasteiger partial charge in [-0.05, 0) is 24.0 Å². The zero-order valence-corrected chi connectivity index (χ0v) is 18.1. The van der Waals surface area contributed by atoms with Gasteiger partial charge >= 0.3 is 0 Å². The van der Waals surface area contributed by atoms with Gasteiger partial charge in [0.15, 0.2) is 0 Å². The van der Waals surface area contributed by atoms with Crippen molar-refractivity contribution in [3.05, 3.63) is 69.7 Å². The summed E-state index contributed by atoms with van der Waals surface area (Å²) in [6.45, 7) is 7.41. The maximum atomic E-state index is 9.81. The van der Waals surface area contributed by atoms with Gasteiger partial charge in [0.1, 0.15) is 12.2 Å². The molecule has 0 saturated heterocycles. The normalized spacial score (nSPS) is 15.6. The van der Waals surface area contributed by atoms with Gasteiger partial charge in [-0.3, -0.25) is 0 Å². The highest BCUT2D eigenvalue weighted by Gasteiger charge is 2.23. The number of hydrogen-bond donors (Lipinski definition) is 4. The van der Waals surface area contributed by atoms with E-state index in [9.17, 15) is 20.4 Å². The first-order valence-electron chi connectivity index (χ1n) is 9.29. The number of aliphatic hydroxyl groups is 4. The van der Waals surface area contributed by atoms with E-state index in [2.05, 4.69) is 0 Å². The summed E-state index contributed by atoms with van der Waals surface area (Å²) in [7, 11) is 0. The highest BCUT2D eigenvalue weighted by molar-refractivity contribution is 6.31. The number of aliphatic hydroxyl groups excluding tert-OH is 4. The molecule has 0 saturated carbocycles. The van der Waals surface area contributed by atoms with Crippen LogP contribution in [0.25, 0.3) is 0 Å². The number of hydrogen-bond acceptors (Lipinski definition) is 4. The first kappa shape index (κ1) is 24.9. The van der Waals surface area contributed by atoms with Crippen LogP contribution in [0.3, 0.4) is 0 Å². The first-order chi connectivity index (χ1) is 13.1. The van der Waals surface area contributed by atoms with Crippen LogP contribution in [-0.4, -0.2) is 32.6 Å². The first-order valence-corrected chi connectivity index (χ1v) is 10.0. The van der Waals surface area contributed by atoms with E-state index in [1.54, 1.807) is 48.5 Å². The third-order valence-electron chi connectivity index (χ3n) is 4.46. The maximum absolute atomic E-state index is 9.81. The maximum Gasteiger partial charge on any atom is 0.107 e. The second-order valence-corrected chi connectivity index (χ2v) is 8.22. The average Bonchev–Trinajstić information content (AvgIpc) is 2.66. The molecule has 0 aromatic heterocycles. The van der Waals surface area contributed by atoms with Gasteiger partial charge in [0.25, 0.3) is 0 Å². The zero-order chi connectivity index (χ0) is 21.4. The van der Waals surface area contributed by atoms with Gasteiger partial charge in [0.05, 0.1) is 12.2 Å². The summed E-state index contributed by atoms with van der Waals surface area (Å²) in [5.74, 6) is 0.00236. The molecule has 0 aliphatic rings. The van der Waals surface area contributed by atoms with Crippen molar-refractivity contribution < 1.29 is 20.4 Å². The highest BCUT2D eigenvalue weighted by Crippen LogP contribution is 2.28. The molecule has 0 aliphatic carbocycles. The number of benzene rings is 2. The minimum atomic E-state index is -0.913. The second-order valence-electron chi connectivity index (χ2n) is 7.40. The van der Waals surface area contributed by atoms with Crippen molar-refractivity contribution in [1.82, 2.24) is 0 Å². The topological polar surface area (TPSA) is 80.9 Å². The van der Waals surface area contributed by atoms with Crippen molar-refractivity contribution in [2.75, 3.05) is 0 Å². The molecule has 0 heterocycles. The van der Waals surface area contributed by atoms with E-state index in [1.807, 2.05) is 27.7 Å². The minimum absolute atomic E-state index is 0.00118. The number of halogens is 2. The molecule has 4 atom stereocenters. The summed E-state index contributed by atoms with van der Waals surface area (Å²) in [4.78, 5) is 0. The number of rotatable bonds is 6. The molecule has 0 bridgehead atoms. The minimum Gasteiger partial charge on any atom is -0.390 e. The summed E-state index contributed by atoms with van der Waals surface area (Å²) < 4.78 is 0. The van der Waals surface area contributed by atoms with Gasteiger partial charge < -0.3 is 20.4 Å². The Morgan fingerprint density at radius 1 is 0.571 bits per heavy atom. The van der Waals surface area contributed by atoms with Gasteiger partial charge in [0.2, 0.25) is 0 Å². The van der Waals surface area contributed by atoms with Crippen molar-refractivity contribution >= 4 is 23.2 Å². The van der Waals surface area contributed by atoms with E-state index in [0.29, 0.717) is 21.2 Å². The molecule has 0 spiro atoms. The monoisotopic (exact) mass is 428 g/mol. The van der Waals surface area contributed by atoms with E-state index in [4.69, 9.17) is 23.2 Å². The van der Waals surface area contributed by atoms with Crippen LogP contribution in [0.15, 0.2) is 48.5 Å². The quantitative estimate of drug-likeness (QED) is 0.533. The fourth-order valence-corrected chi connectivity index (χ4v) is 3.02. The summed E-state index contributed by atoms with van der Waals surface area (Å²) in [5.41, 5.74) is 1.16. The molecular weight excluding hydrogens is 399 g/mol. The van der Waals surface area contributed by atoms with Gasteiger partial charge in [-0.2, -0.15) is 0 Å². The Kier molecular flexibility index (Phi) is 10.5. The van der Waals surface area contributed by atoms with Crippen molar-refractivity contribution in [3.8, 4) is 0 Å². The van der Waals surface area contributed by atoms with Crippen LogP contribution in [0.4, 0.5) is 0 Å². The summed E-state index contributed by atoms with van der Waals surface area (Å²) in [5, 5.41) is 39.9. The fourth-order valence-electron chi connectivity index (χ4n) is 2.53. The van der Waals surface area contributed by atoms with Gasteiger partial charge in [-0.15, -0.1) is 0 Å². The lowest BCUT2D eigenvalue weighted by Gasteiger charge is -2.22. The van der Waals surface area contributed by atoms with E-state index in [0.717, 1.165) is 0 Å². The van der Waals surface area contributed by atoms with Crippen molar-refractivity contribution in [2.24, 2.45) is 11.8 Å². The third-order valence-corrected chi connectivity index (χ3v) is 5.15. The van der Waals surface area contributed by atoms with Crippen LogP contribution in [0.1, 0.15) is 51.0 Å². The van der Waals surface area contributed by atoms with E-state index in [-0.39, 0.29) is 11.8 Å². The SMILES string of the molecule is CC(C)[C@@H](O)[C@H](O)c1ccccc1Cl.CC(C)[C@H](O)[C@@H](O)c1ccccc1Cl. The molecule has 0 radical (unpaired) electrons. The standard InChI is InChI=1S/2C11H15ClO2/c2*1-7(2)10(13)11(14)8-5-3-4-6-9(8)12/h2*3-7,10-11,13-14H,1-2H3/t2*10-,11-/m10/s1. The molecule has 2 rings (SSSR count). The lowest BCUT2D eigenvalue weighted by molar-refractivity contribution is -0.00934. The fraction of sp³-hybridized carbons (Fsp3) is 0.455. The molecule has 156 valence electrons. The Bertz CT molecular complexity index is 660. The Balaban J connectivity index is 0.000000280. The smallest absolute Gasteiger partial charge is 0.107 e. The van der Waals surface area contributed by atoms with E-state index in [1.165, 1.54) is 0 Å². The Hall–Kier alpha value is -1.14. The molecule has 0 amide bonds. The summed E-state index contributed by atoms with van der Waals surface area (Å²) >= 11 is 11.8. The van der Waals surface area contributed by atoms with Crippen molar-refractivity contribution in [3.63, 3.8) is 0 Å². The average molecular weight is 429 g/mol. The van der Waals surface area contributed by atoms with Crippen LogP contribution in [0, 0.1) is 11.8 Å². The molecule has 4 N–H and O–H groups in total. The van der Waals surface area contributed by atoms with Crippen molar-refractivity contribution in [2.45, 2.75) is 52.1 Å². The molecule has 2 aromatic carbocycles. The highest BCUT2D eigenvalue weighted by atomic mass is 35.5. The predicted molar refractivity (Wildman–Crippen MR) is 115 cm³/mol. The molecule has 4 nitrogen and oxygen atoms in total. The summed E-state index contributed by atoms with van der Waals surface area (Å²) in [6, 6.07) is 14.0. The van der Waals surface area contributed by atoms with Crippen LogP contribution in [0.5, 0.6) is 0 Å². The van der Waals surface area contributed by atoms with Gasteiger partial charge in [-0.1, -0.05) is 87.3 Å². The molecule has 0 unspecified atom stereocenters. The van der Waals surface area contributed by atoms with Crippen LogP contribution >= 0.6 is 23.2 Å². The molecule has 6 heteroatoms. The third kappa shape index (κ3) is 7.03. The van der Waals surface area contributed by atoms with Crippen LogP contribution < -0.4 is 0 Å². The zero-order valence-electron chi connectivity index (χ0n) is 16.6. The lowest BCUT2D eigenvalue weighted by atomic mass is 9.96.